The molecule has 0 aliphatic heterocycles. The Bertz CT molecular complexity index is 551. The zero-order chi connectivity index (χ0) is 13.8. The summed E-state index contributed by atoms with van der Waals surface area (Å²) in [7, 11) is 1.85. The normalized spacial score (nSPS) is 12.4. The average Bonchev–Trinajstić information content (AvgIpc) is 2.80. The van der Waals surface area contributed by atoms with Crippen molar-refractivity contribution in [3.63, 3.8) is 0 Å². The molecule has 0 spiro atoms. The molecule has 0 saturated heterocycles. The van der Waals surface area contributed by atoms with Gasteiger partial charge in [-0.1, -0.05) is 6.92 Å². The summed E-state index contributed by atoms with van der Waals surface area (Å²) in [6, 6.07) is 1.81. The minimum absolute atomic E-state index is 0.578. The summed E-state index contributed by atoms with van der Waals surface area (Å²) >= 11 is 0. The number of hydrogen-bond acceptors (Lipinski definition) is 4. The first-order valence-electron chi connectivity index (χ1n) is 6.43. The van der Waals surface area contributed by atoms with Crippen molar-refractivity contribution in [2.75, 3.05) is 6.61 Å². The second-order valence-electron chi connectivity index (χ2n) is 4.35. The van der Waals surface area contributed by atoms with Crippen LogP contribution in [0.4, 0.5) is 0 Å². The summed E-state index contributed by atoms with van der Waals surface area (Å²) in [6.07, 6.45) is 5.20. The fourth-order valence-electron chi connectivity index (χ4n) is 2.07. The number of aliphatic hydroxyl groups is 1. The maximum absolute atomic E-state index is 10.5. The Morgan fingerprint density at radius 1 is 1.37 bits per heavy atom. The SMILES string of the molecule is CCOc1cncc(C(O)c2cn(C)nc2CC)c1. The Hall–Kier alpha value is -1.88. The van der Waals surface area contributed by atoms with Crippen LogP contribution in [0.5, 0.6) is 5.75 Å². The fraction of sp³-hybridized carbons (Fsp3) is 0.429. The second kappa shape index (κ2) is 5.84. The van der Waals surface area contributed by atoms with Crippen molar-refractivity contribution in [3.05, 3.63) is 41.5 Å². The molecule has 2 aromatic rings. The predicted octanol–water partition coefficient (Wildman–Crippen LogP) is 1.86. The third kappa shape index (κ3) is 2.93. The molecule has 1 atom stereocenters. The van der Waals surface area contributed by atoms with Gasteiger partial charge in [0.05, 0.1) is 18.5 Å². The smallest absolute Gasteiger partial charge is 0.137 e. The molecule has 0 fully saturated rings. The van der Waals surface area contributed by atoms with Crippen LogP contribution >= 0.6 is 0 Å². The lowest BCUT2D eigenvalue weighted by Gasteiger charge is -2.11. The third-order valence-corrected chi connectivity index (χ3v) is 2.93. The minimum Gasteiger partial charge on any atom is -0.492 e. The van der Waals surface area contributed by atoms with Gasteiger partial charge in [-0.25, -0.2) is 0 Å². The number of aromatic nitrogens is 3. The number of rotatable bonds is 5. The summed E-state index contributed by atoms with van der Waals surface area (Å²) in [5.74, 6) is 0.668. The first-order valence-corrected chi connectivity index (χ1v) is 6.43. The molecule has 0 aliphatic carbocycles. The molecule has 5 nitrogen and oxygen atoms in total. The molecule has 19 heavy (non-hydrogen) atoms. The predicted molar refractivity (Wildman–Crippen MR) is 72.1 cm³/mol. The molecule has 0 aliphatic rings. The molecule has 0 radical (unpaired) electrons. The Kier molecular flexibility index (Phi) is 4.16. The lowest BCUT2D eigenvalue weighted by Crippen LogP contribution is -2.03. The van der Waals surface area contributed by atoms with Crippen LogP contribution in [0.1, 0.15) is 36.8 Å². The molecule has 0 bridgehead atoms. The van der Waals surface area contributed by atoms with E-state index in [0.717, 1.165) is 17.7 Å². The lowest BCUT2D eigenvalue weighted by molar-refractivity contribution is 0.217. The summed E-state index contributed by atoms with van der Waals surface area (Å²) in [5, 5.41) is 14.8. The van der Waals surface area contributed by atoms with Crippen LogP contribution in [-0.2, 0) is 13.5 Å². The third-order valence-electron chi connectivity index (χ3n) is 2.93. The van der Waals surface area contributed by atoms with Gasteiger partial charge in [0.1, 0.15) is 11.9 Å². The highest BCUT2D eigenvalue weighted by molar-refractivity contribution is 5.33. The molecule has 5 heteroatoms. The lowest BCUT2D eigenvalue weighted by atomic mass is 10.0. The van der Waals surface area contributed by atoms with Gasteiger partial charge in [0, 0.05) is 30.6 Å². The number of hydrogen-bond donors (Lipinski definition) is 1. The largest absolute Gasteiger partial charge is 0.492 e. The van der Waals surface area contributed by atoms with Crippen LogP contribution in [-0.4, -0.2) is 26.5 Å². The van der Waals surface area contributed by atoms with E-state index in [0.29, 0.717) is 17.9 Å². The molecule has 0 saturated carbocycles. The highest BCUT2D eigenvalue weighted by atomic mass is 16.5. The molecule has 2 aromatic heterocycles. The number of pyridine rings is 1. The van der Waals surface area contributed by atoms with E-state index >= 15 is 0 Å². The van der Waals surface area contributed by atoms with E-state index in [4.69, 9.17) is 4.74 Å². The highest BCUT2D eigenvalue weighted by Crippen LogP contribution is 2.26. The summed E-state index contributed by atoms with van der Waals surface area (Å²) in [4.78, 5) is 4.10. The second-order valence-corrected chi connectivity index (χ2v) is 4.35. The van der Waals surface area contributed by atoms with Crippen LogP contribution in [0.15, 0.2) is 24.7 Å². The van der Waals surface area contributed by atoms with Gasteiger partial charge in [-0.15, -0.1) is 0 Å². The molecule has 2 rings (SSSR count). The van der Waals surface area contributed by atoms with Gasteiger partial charge in [0.2, 0.25) is 0 Å². The van der Waals surface area contributed by atoms with E-state index in [-0.39, 0.29) is 0 Å². The Morgan fingerprint density at radius 2 is 2.16 bits per heavy atom. The maximum atomic E-state index is 10.5. The van der Waals surface area contributed by atoms with Crippen molar-refractivity contribution in [3.8, 4) is 5.75 Å². The van der Waals surface area contributed by atoms with E-state index < -0.39 is 6.10 Å². The standard InChI is InChI=1S/C14H19N3O2/c1-4-13-12(9-17(3)16-13)14(18)10-6-11(19-5-2)8-15-7-10/h6-9,14,18H,4-5H2,1-3H3. The van der Waals surface area contributed by atoms with Crippen molar-refractivity contribution in [2.45, 2.75) is 26.4 Å². The van der Waals surface area contributed by atoms with E-state index in [2.05, 4.69) is 10.1 Å². The highest BCUT2D eigenvalue weighted by Gasteiger charge is 2.18. The zero-order valence-corrected chi connectivity index (χ0v) is 11.5. The Labute approximate surface area is 112 Å². The average molecular weight is 261 g/mol. The van der Waals surface area contributed by atoms with Crippen molar-refractivity contribution >= 4 is 0 Å². The van der Waals surface area contributed by atoms with Crippen LogP contribution in [0.3, 0.4) is 0 Å². The van der Waals surface area contributed by atoms with Crippen molar-refractivity contribution in [1.29, 1.82) is 0 Å². The van der Waals surface area contributed by atoms with Crippen molar-refractivity contribution < 1.29 is 9.84 Å². The quantitative estimate of drug-likeness (QED) is 0.892. The van der Waals surface area contributed by atoms with Crippen molar-refractivity contribution in [1.82, 2.24) is 14.8 Å². The topological polar surface area (TPSA) is 60.2 Å². The molecule has 1 N–H and O–H groups in total. The molecule has 0 aromatic carbocycles. The maximum Gasteiger partial charge on any atom is 0.137 e. The first kappa shape index (κ1) is 13.5. The fourth-order valence-corrected chi connectivity index (χ4v) is 2.07. The van der Waals surface area contributed by atoms with Gasteiger partial charge in [-0.3, -0.25) is 9.67 Å². The van der Waals surface area contributed by atoms with Gasteiger partial charge in [0.15, 0.2) is 0 Å². The number of ether oxygens (including phenoxy) is 1. The first-order chi connectivity index (χ1) is 9.15. The molecule has 102 valence electrons. The zero-order valence-electron chi connectivity index (χ0n) is 11.5. The van der Waals surface area contributed by atoms with E-state index in [1.54, 1.807) is 17.1 Å². The van der Waals surface area contributed by atoms with Gasteiger partial charge < -0.3 is 9.84 Å². The van der Waals surface area contributed by atoms with E-state index in [1.165, 1.54) is 0 Å². The van der Waals surface area contributed by atoms with E-state index in [9.17, 15) is 5.11 Å². The molecular weight excluding hydrogens is 242 g/mol. The molecule has 0 amide bonds. The van der Waals surface area contributed by atoms with Gasteiger partial charge in [-0.2, -0.15) is 5.10 Å². The summed E-state index contributed by atoms with van der Waals surface area (Å²) in [6.45, 7) is 4.52. The summed E-state index contributed by atoms with van der Waals surface area (Å²) in [5.41, 5.74) is 2.44. The monoisotopic (exact) mass is 261 g/mol. The number of aliphatic hydroxyl groups excluding tert-OH is 1. The van der Waals surface area contributed by atoms with Crippen LogP contribution < -0.4 is 4.74 Å². The molecule has 1 unspecified atom stereocenters. The summed E-state index contributed by atoms with van der Waals surface area (Å²) < 4.78 is 7.12. The molecular formula is C14H19N3O2. The Morgan fingerprint density at radius 3 is 2.84 bits per heavy atom. The van der Waals surface area contributed by atoms with E-state index in [1.807, 2.05) is 33.2 Å². The number of aryl methyl sites for hydroxylation is 2. The van der Waals surface area contributed by atoms with Gasteiger partial charge >= 0.3 is 0 Å². The van der Waals surface area contributed by atoms with Crippen LogP contribution in [0, 0.1) is 0 Å². The number of nitrogens with zero attached hydrogens (tertiary/aromatic N) is 3. The van der Waals surface area contributed by atoms with Gasteiger partial charge in [-0.05, 0) is 19.4 Å². The van der Waals surface area contributed by atoms with Crippen LogP contribution in [0.2, 0.25) is 0 Å². The van der Waals surface area contributed by atoms with Crippen LogP contribution in [0.25, 0.3) is 0 Å². The van der Waals surface area contributed by atoms with Crippen molar-refractivity contribution in [2.24, 2.45) is 7.05 Å². The Balaban J connectivity index is 2.32. The minimum atomic E-state index is -0.725. The molecule has 2 heterocycles. The van der Waals surface area contributed by atoms with Gasteiger partial charge in [0.25, 0.3) is 0 Å².